The number of esters is 1. The van der Waals surface area contributed by atoms with Crippen LogP contribution in [0.5, 0.6) is 0 Å². The van der Waals surface area contributed by atoms with E-state index < -0.39 is 17.5 Å². The van der Waals surface area contributed by atoms with E-state index in [2.05, 4.69) is 36.8 Å². The summed E-state index contributed by atoms with van der Waals surface area (Å²) < 4.78 is 6.64. The topological polar surface area (TPSA) is 68.5 Å². The molecule has 0 bridgehead atoms. The molecular formula is C21H23NO4. The summed E-state index contributed by atoms with van der Waals surface area (Å²) in [6, 6.07) is 10.2. The zero-order valence-corrected chi connectivity index (χ0v) is 15.2. The summed E-state index contributed by atoms with van der Waals surface area (Å²) in [6.07, 6.45) is 5.75. The Hall–Kier alpha value is -3.08. The summed E-state index contributed by atoms with van der Waals surface area (Å²) in [4.78, 5) is 23.2. The second-order valence-electron chi connectivity index (χ2n) is 6.04. The number of ketones is 1. The Labute approximate surface area is 153 Å². The second kappa shape index (κ2) is 8.85. The highest BCUT2D eigenvalue weighted by molar-refractivity contribution is 6.05. The zero-order chi connectivity index (χ0) is 19.1. The average Bonchev–Trinajstić information content (AvgIpc) is 2.99. The predicted molar refractivity (Wildman–Crippen MR) is 101 cm³/mol. The summed E-state index contributed by atoms with van der Waals surface area (Å²) in [5.41, 5.74) is 4.44. The molecule has 26 heavy (non-hydrogen) atoms. The van der Waals surface area contributed by atoms with Gasteiger partial charge in [-0.1, -0.05) is 29.3 Å². The molecule has 0 amide bonds. The number of aryl methyl sites for hydroxylation is 2. The van der Waals surface area contributed by atoms with Crippen molar-refractivity contribution >= 4 is 17.8 Å². The van der Waals surface area contributed by atoms with E-state index in [9.17, 15) is 14.7 Å². The number of aromatic nitrogens is 1. The molecule has 0 saturated carbocycles. The van der Waals surface area contributed by atoms with Gasteiger partial charge in [0.25, 0.3) is 0 Å². The number of nitrogens with zero attached hydrogens (tertiary/aromatic N) is 1. The van der Waals surface area contributed by atoms with Gasteiger partial charge in [0, 0.05) is 24.5 Å². The van der Waals surface area contributed by atoms with Crippen molar-refractivity contribution < 1.29 is 19.4 Å². The van der Waals surface area contributed by atoms with Crippen LogP contribution >= 0.6 is 0 Å². The normalized spacial score (nSPS) is 11.7. The number of ether oxygens (including phenoxy) is 1. The van der Waals surface area contributed by atoms with Gasteiger partial charge in [-0.15, -0.1) is 0 Å². The lowest BCUT2D eigenvalue weighted by Crippen LogP contribution is -2.08. The summed E-state index contributed by atoms with van der Waals surface area (Å²) >= 11 is 0. The average molecular weight is 353 g/mol. The minimum atomic E-state index is -0.910. The first kappa shape index (κ1) is 19.2. The third-order valence-corrected chi connectivity index (χ3v) is 3.68. The molecule has 1 aromatic heterocycles. The maximum absolute atomic E-state index is 11.9. The summed E-state index contributed by atoms with van der Waals surface area (Å²) in [7, 11) is 0. The van der Waals surface area contributed by atoms with Crippen molar-refractivity contribution in [1.29, 1.82) is 0 Å². The Bertz CT molecular complexity index is 838. The Morgan fingerprint density at radius 1 is 1.19 bits per heavy atom. The second-order valence-corrected chi connectivity index (χ2v) is 6.04. The molecule has 0 unspecified atom stereocenters. The SMILES string of the molecule is CCOC(=O)/C(O)=C/C(=O)/C=C/c1cccn1Cc1cc(C)cc(C)c1. The van der Waals surface area contributed by atoms with Gasteiger partial charge in [-0.3, -0.25) is 4.79 Å². The van der Waals surface area contributed by atoms with Crippen LogP contribution in [0.2, 0.25) is 0 Å². The van der Waals surface area contributed by atoms with Crippen molar-refractivity contribution in [2.24, 2.45) is 0 Å². The van der Waals surface area contributed by atoms with Gasteiger partial charge < -0.3 is 14.4 Å². The molecule has 2 rings (SSSR count). The largest absolute Gasteiger partial charge is 0.502 e. The fourth-order valence-corrected chi connectivity index (χ4v) is 2.69. The lowest BCUT2D eigenvalue weighted by Gasteiger charge is -2.09. The van der Waals surface area contributed by atoms with Gasteiger partial charge in [-0.05, 0) is 50.6 Å². The number of aliphatic hydroxyl groups excluding tert-OH is 1. The van der Waals surface area contributed by atoms with Crippen molar-refractivity contribution in [2.75, 3.05) is 6.61 Å². The predicted octanol–water partition coefficient (Wildman–Crippen LogP) is 3.74. The Kier molecular flexibility index (Phi) is 6.55. The fraction of sp³-hybridized carbons (Fsp3) is 0.238. The van der Waals surface area contributed by atoms with Crippen molar-refractivity contribution in [1.82, 2.24) is 4.57 Å². The van der Waals surface area contributed by atoms with Crippen LogP contribution in [-0.2, 0) is 20.9 Å². The molecule has 2 aromatic rings. The summed E-state index contributed by atoms with van der Waals surface area (Å²) in [5, 5.41) is 9.50. The monoisotopic (exact) mass is 353 g/mol. The van der Waals surface area contributed by atoms with Gasteiger partial charge in [0.1, 0.15) is 0 Å². The number of aliphatic hydroxyl groups is 1. The Morgan fingerprint density at radius 3 is 2.54 bits per heavy atom. The lowest BCUT2D eigenvalue weighted by molar-refractivity contribution is -0.141. The molecule has 1 heterocycles. The standard InChI is InChI=1S/C21H23NO4/c1-4-26-21(25)20(24)13-19(23)8-7-18-6-5-9-22(18)14-17-11-15(2)10-16(3)12-17/h5-13,24H,4,14H2,1-3H3/b8-7+,20-13-. The van der Waals surface area contributed by atoms with Crippen molar-refractivity contribution in [3.63, 3.8) is 0 Å². The van der Waals surface area contributed by atoms with Gasteiger partial charge in [0.2, 0.25) is 5.76 Å². The Morgan fingerprint density at radius 2 is 1.88 bits per heavy atom. The first-order valence-corrected chi connectivity index (χ1v) is 8.41. The number of allylic oxidation sites excluding steroid dienone is 2. The van der Waals surface area contributed by atoms with Crippen molar-refractivity contribution in [3.8, 4) is 0 Å². The highest BCUT2D eigenvalue weighted by Gasteiger charge is 2.09. The molecular weight excluding hydrogens is 330 g/mol. The molecule has 1 N–H and O–H groups in total. The number of rotatable bonds is 7. The maximum Gasteiger partial charge on any atom is 0.373 e. The van der Waals surface area contributed by atoms with Crippen LogP contribution in [0.4, 0.5) is 0 Å². The maximum atomic E-state index is 11.9. The highest BCUT2D eigenvalue weighted by Crippen LogP contribution is 2.13. The number of carbonyl (C=O) groups is 2. The first-order chi connectivity index (χ1) is 12.4. The van der Waals surface area contributed by atoms with E-state index in [1.807, 2.05) is 22.9 Å². The molecule has 5 nitrogen and oxygen atoms in total. The molecule has 0 fully saturated rings. The van der Waals surface area contributed by atoms with E-state index in [4.69, 9.17) is 0 Å². The van der Waals surface area contributed by atoms with E-state index in [1.165, 1.54) is 22.8 Å². The van der Waals surface area contributed by atoms with E-state index in [1.54, 1.807) is 13.0 Å². The van der Waals surface area contributed by atoms with Gasteiger partial charge >= 0.3 is 5.97 Å². The number of hydrogen-bond donors (Lipinski definition) is 1. The van der Waals surface area contributed by atoms with Gasteiger partial charge in [-0.2, -0.15) is 0 Å². The third-order valence-electron chi connectivity index (χ3n) is 3.68. The van der Waals surface area contributed by atoms with E-state index in [-0.39, 0.29) is 6.61 Å². The van der Waals surface area contributed by atoms with Gasteiger partial charge in [-0.25, -0.2) is 4.79 Å². The fourth-order valence-electron chi connectivity index (χ4n) is 2.69. The van der Waals surface area contributed by atoms with Crippen LogP contribution in [0, 0.1) is 13.8 Å². The number of hydrogen-bond acceptors (Lipinski definition) is 4. The van der Waals surface area contributed by atoms with Crippen LogP contribution in [0.1, 0.15) is 29.3 Å². The van der Waals surface area contributed by atoms with Crippen LogP contribution in [0.3, 0.4) is 0 Å². The first-order valence-electron chi connectivity index (χ1n) is 8.41. The number of benzene rings is 1. The van der Waals surface area contributed by atoms with Crippen LogP contribution in [-0.4, -0.2) is 28.0 Å². The molecule has 0 spiro atoms. The van der Waals surface area contributed by atoms with E-state index >= 15 is 0 Å². The molecule has 0 atom stereocenters. The summed E-state index contributed by atoms with van der Waals surface area (Å²) in [5.74, 6) is -2.10. The van der Waals surface area contributed by atoms with Gasteiger partial charge in [0.05, 0.1) is 6.61 Å². The molecule has 5 heteroatoms. The van der Waals surface area contributed by atoms with Crippen molar-refractivity contribution in [3.05, 3.63) is 76.8 Å². The molecule has 0 saturated heterocycles. The third kappa shape index (κ3) is 5.48. The van der Waals surface area contributed by atoms with Crippen molar-refractivity contribution in [2.45, 2.75) is 27.3 Å². The van der Waals surface area contributed by atoms with Gasteiger partial charge in [0.15, 0.2) is 5.78 Å². The highest BCUT2D eigenvalue weighted by atomic mass is 16.5. The zero-order valence-electron chi connectivity index (χ0n) is 15.2. The molecule has 0 aliphatic heterocycles. The van der Waals surface area contributed by atoms with Crippen LogP contribution in [0.25, 0.3) is 6.08 Å². The molecule has 0 aliphatic carbocycles. The van der Waals surface area contributed by atoms with Crippen LogP contribution < -0.4 is 0 Å². The smallest absolute Gasteiger partial charge is 0.373 e. The molecule has 1 aromatic carbocycles. The molecule has 0 radical (unpaired) electrons. The van der Waals surface area contributed by atoms with Crippen LogP contribution in [0.15, 0.2) is 54.4 Å². The van der Waals surface area contributed by atoms with E-state index in [0.29, 0.717) is 6.54 Å². The number of carbonyl (C=O) groups excluding carboxylic acids is 2. The minimum Gasteiger partial charge on any atom is -0.502 e. The van der Waals surface area contributed by atoms with E-state index in [0.717, 1.165) is 11.8 Å². The molecule has 0 aliphatic rings. The Balaban J connectivity index is 2.10. The minimum absolute atomic E-state index is 0.132. The molecule has 136 valence electrons. The summed E-state index contributed by atoms with van der Waals surface area (Å²) in [6.45, 7) is 6.57. The quantitative estimate of drug-likeness (QED) is 0.468. The lowest BCUT2D eigenvalue weighted by atomic mass is 10.1.